The number of hydrogen-bond acceptors (Lipinski definition) is 3. The van der Waals surface area contributed by atoms with Gasteiger partial charge >= 0.3 is 0 Å². The summed E-state index contributed by atoms with van der Waals surface area (Å²) in [5.74, 6) is 0. The number of rotatable bonds is 5. The van der Waals surface area contributed by atoms with Crippen LogP contribution in [0.1, 0.15) is 12.8 Å². The van der Waals surface area contributed by atoms with E-state index in [-0.39, 0.29) is 5.56 Å². The van der Waals surface area contributed by atoms with E-state index in [1.54, 1.807) is 16.7 Å². The quantitative estimate of drug-likeness (QED) is 0.836. The molecule has 0 aromatic carbocycles. The number of nitrogens with zero attached hydrogens (tertiary/aromatic N) is 1. The van der Waals surface area contributed by atoms with Crippen molar-refractivity contribution in [1.82, 2.24) is 9.88 Å². The van der Waals surface area contributed by atoms with Crippen LogP contribution in [0.4, 0.5) is 0 Å². The number of halogens is 1. The zero-order valence-corrected chi connectivity index (χ0v) is 11.3. The third kappa shape index (κ3) is 3.94. The Bertz CT molecular complexity index is 413. The van der Waals surface area contributed by atoms with Crippen LogP contribution in [0.2, 0.25) is 0 Å². The lowest BCUT2D eigenvalue weighted by Gasteiger charge is -2.11. The predicted molar refractivity (Wildman–Crippen MR) is 70.2 cm³/mol. The van der Waals surface area contributed by atoms with Crippen LogP contribution in [-0.2, 0) is 11.3 Å². The monoisotopic (exact) mass is 300 g/mol. The Kier molecular flexibility index (Phi) is 4.76. The molecule has 1 atom stereocenters. The molecule has 0 radical (unpaired) electrons. The molecule has 1 aromatic heterocycles. The van der Waals surface area contributed by atoms with Crippen molar-refractivity contribution >= 4 is 15.9 Å². The molecule has 0 aliphatic carbocycles. The minimum Gasteiger partial charge on any atom is -0.377 e. The second-order valence-corrected chi connectivity index (χ2v) is 5.13. The lowest BCUT2D eigenvalue weighted by Crippen LogP contribution is -2.31. The van der Waals surface area contributed by atoms with Crippen LogP contribution in [0.3, 0.4) is 0 Å². The van der Waals surface area contributed by atoms with Gasteiger partial charge in [0, 0.05) is 43.0 Å². The van der Waals surface area contributed by atoms with Crippen molar-refractivity contribution in [3.63, 3.8) is 0 Å². The van der Waals surface area contributed by atoms with Crippen molar-refractivity contribution < 1.29 is 4.74 Å². The largest absolute Gasteiger partial charge is 0.377 e. The summed E-state index contributed by atoms with van der Waals surface area (Å²) < 4.78 is 8.14. The lowest BCUT2D eigenvalue weighted by molar-refractivity contribution is 0.110. The average molecular weight is 301 g/mol. The molecule has 2 rings (SSSR count). The summed E-state index contributed by atoms with van der Waals surface area (Å²) in [7, 11) is 0. The molecule has 5 heteroatoms. The molecule has 1 aliphatic heterocycles. The fraction of sp³-hybridized carbons (Fsp3) is 0.583. The molecular weight excluding hydrogens is 284 g/mol. The molecule has 0 spiro atoms. The Hall–Kier alpha value is -0.650. The summed E-state index contributed by atoms with van der Waals surface area (Å²) in [6.07, 6.45) is 4.48. The van der Waals surface area contributed by atoms with Crippen LogP contribution in [0.25, 0.3) is 0 Å². The lowest BCUT2D eigenvalue weighted by atomic mass is 10.2. The van der Waals surface area contributed by atoms with Crippen LogP contribution >= 0.6 is 15.9 Å². The molecule has 0 saturated carbocycles. The fourth-order valence-corrected chi connectivity index (χ4v) is 2.32. The number of nitrogens with one attached hydrogen (secondary N) is 1. The Morgan fingerprint density at radius 1 is 1.53 bits per heavy atom. The van der Waals surface area contributed by atoms with Gasteiger partial charge in [-0.25, -0.2) is 0 Å². The van der Waals surface area contributed by atoms with Gasteiger partial charge in [0.25, 0.3) is 5.56 Å². The van der Waals surface area contributed by atoms with Crippen molar-refractivity contribution in [3.8, 4) is 0 Å². The molecule has 94 valence electrons. The highest BCUT2D eigenvalue weighted by Crippen LogP contribution is 2.10. The molecular formula is C12H17BrN2O2. The van der Waals surface area contributed by atoms with Gasteiger partial charge in [0.05, 0.1) is 6.10 Å². The number of ether oxygens (including phenoxy) is 1. The normalized spacial score (nSPS) is 19.7. The van der Waals surface area contributed by atoms with Gasteiger partial charge in [-0.3, -0.25) is 4.79 Å². The average Bonchev–Trinajstić information content (AvgIpc) is 2.82. The van der Waals surface area contributed by atoms with Gasteiger partial charge in [-0.15, -0.1) is 0 Å². The molecule has 1 aromatic rings. The second-order valence-electron chi connectivity index (χ2n) is 4.22. The van der Waals surface area contributed by atoms with Crippen LogP contribution in [-0.4, -0.2) is 30.4 Å². The van der Waals surface area contributed by atoms with Gasteiger partial charge in [0.15, 0.2) is 0 Å². The van der Waals surface area contributed by atoms with E-state index in [0.717, 1.165) is 37.0 Å². The summed E-state index contributed by atoms with van der Waals surface area (Å²) >= 11 is 3.36. The topological polar surface area (TPSA) is 43.3 Å². The molecule has 17 heavy (non-hydrogen) atoms. The van der Waals surface area contributed by atoms with Gasteiger partial charge in [0.1, 0.15) is 0 Å². The number of aromatic nitrogens is 1. The Morgan fingerprint density at radius 3 is 3.18 bits per heavy atom. The molecule has 0 amide bonds. The number of hydrogen-bond donors (Lipinski definition) is 1. The molecule has 1 aliphatic rings. The van der Waals surface area contributed by atoms with E-state index in [1.165, 1.54) is 0 Å². The third-order valence-electron chi connectivity index (χ3n) is 2.87. The van der Waals surface area contributed by atoms with Gasteiger partial charge in [-0.1, -0.05) is 0 Å². The maximum atomic E-state index is 11.5. The van der Waals surface area contributed by atoms with Gasteiger partial charge in [-0.2, -0.15) is 0 Å². The van der Waals surface area contributed by atoms with Crippen molar-refractivity contribution in [1.29, 1.82) is 0 Å². The highest BCUT2D eigenvalue weighted by Gasteiger charge is 2.14. The molecule has 1 saturated heterocycles. The maximum absolute atomic E-state index is 11.5. The van der Waals surface area contributed by atoms with Crippen LogP contribution < -0.4 is 10.9 Å². The van der Waals surface area contributed by atoms with Crippen molar-refractivity contribution in [2.75, 3.05) is 19.7 Å². The summed E-state index contributed by atoms with van der Waals surface area (Å²) in [6.45, 7) is 3.24. The zero-order chi connectivity index (χ0) is 12.1. The van der Waals surface area contributed by atoms with Gasteiger partial charge < -0.3 is 14.6 Å². The van der Waals surface area contributed by atoms with Crippen LogP contribution in [0, 0.1) is 0 Å². The van der Waals surface area contributed by atoms with E-state index in [4.69, 9.17) is 4.74 Å². The molecule has 0 bridgehead atoms. The Balaban J connectivity index is 1.74. The van der Waals surface area contributed by atoms with E-state index >= 15 is 0 Å². The minimum absolute atomic E-state index is 0.0344. The van der Waals surface area contributed by atoms with E-state index < -0.39 is 0 Å². The standard InChI is InChI=1S/C12H17BrN2O2/c13-10-3-4-12(16)15(9-10)6-5-14-8-11-2-1-7-17-11/h3-4,9,11,14H,1-2,5-8H2. The van der Waals surface area contributed by atoms with Crippen molar-refractivity contribution in [2.24, 2.45) is 0 Å². The highest BCUT2D eigenvalue weighted by atomic mass is 79.9. The number of pyridine rings is 1. The van der Waals surface area contributed by atoms with Crippen molar-refractivity contribution in [2.45, 2.75) is 25.5 Å². The zero-order valence-electron chi connectivity index (χ0n) is 9.69. The summed E-state index contributed by atoms with van der Waals surface area (Å²) in [5.41, 5.74) is 0.0344. The SMILES string of the molecule is O=c1ccc(Br)cn1CCNCC1CCCO1. The molecule has 1 unspecified atom stereocenters. The predicted octanol–water partition coefficient (Wildman–Crippen LogP) is 1.38. The van der Waals surface area contributed by atoms with E-state index in [0.29, 0.717) is 12.6 Å². The van der Waals surface area contributed by atoms with E-state index in [9.17, 15) is 4.79 Å². The first-order valence-electron chi connectivity index (χ1n) is 5.94. The smallest absolute Gasteiger partial charge is 0.250 e. The Labute approximate surface area is 109 Å². The molecule has 4 nitrogen and oxygen atoms in total. The molecule has 2 heterocycles. The van der Waals surface area contributed by atoms with Crippen LogP contribution in [0.5, 0.6) is 0 Å². The molecule has 1 N–H and O–H groups in total. The van der Waals surface area contributed by atoms with Gasteiger partial charge in [-0.05, 0) is 34.8 Å². The van der Waals surface area contributed by atoms with Crippen LogP contribution in [0.15, 0.2) is 27.6 Å². The van der Waals surface area contributed by atoms with Gasteiger partial charge in [0.2, 0.25) is 0 Å². The van der Waals surface area contributed by atoms with E-state index in [1.807, 2.05) is 6.20 Å². The fourth-order valence-electron chi connectivity index (χ4n) is 1.94. The highest BCUT2D eigenvalue weighted by molar-refractivity contribution is 9.10. The first kappa shape index (κ1) is 12.8. The summed E-state index contributed by atoms with van der Waals surface area (Å²) in [6, 6.07) is 3.34. The van der Waals surface area contributed by atoms with Crippen molar-refractivity contribution in [3.05, 3.63) is 33.2 Å². The third-order valence-corrected chi connectivity index (χ3v) is 3.34. The maximum Gasteiger partial charge on any atom is 0.250 e. The Morgan fingerprint density at radius 2 is 2.41 bits per heavy atom. The summed E-state index contributed by atoms with van der Waals surface area (Å²) in [5, 5.41) is 3.32. The minimum atomic E-state index is 0.0344. The first-order valence-corrected chi connectivity index (χ1v) is 6.73. The van der Waals surface area contributed by atoms with E-state index in [2.05, 4.69) is 21.2 Å². The molecule has 1 fully saturated rings. The first-order chi connectivity index (χ1) is 8.25. The second kappa shape index (κ2) is 6.33. The summed E-state index contributed by atoms with van der Waals surface area (Å²) in [4.78, 5) is 11.5.